The monoisotopic (exact) mass is 885 g/mol. The molecule has 0 radical (unpaired) electrons. The van der Waals surface area contributed by atoms with Crippen LogP contribution in [0.2, 0.25) is 5.02 Å². The summed E-state index contributed by atoms with van der Waals surface area (Å²) in [6.07, 6.45) is 3.67. The molecule has 4 aromatic rings. The van der Waals surface area contributed by atoms with E-state index in [4.69, 9.17) is 35.9 Å². The molecule has 7 rings (SSSR count). The first-order valence-corrected chi connectivity index (χ1v) is 22.1. The van der Waals surface area contributed by atoms with Crippen LogP contribution >= 0.6 is 22.9 Å². The van der Waals surface area contributed by atoms with Crippen molar-refractivity contribution >= 4 is 73.2 Å². The van der Waals surface area contributed by atoms with Gasteiger partial charge in [0.1, 0.15) is 34.5 Å². The Morgan fingerprint density at radius 1 is 0.967 bits per heavy atom. The van der Waals surface area contributed by atoms with Crippen molar-refractivity contribution in [1.29, 1.82) is 0 Å². The van der Waals surface area contributed by atoms with Crippen LogP contribution in [0, 0.1) is 17.6 Å². The number of carbonyl (C=O) groups is 3. The lowest BCUT2D eigenvalue weighted by Gasteiger charge is -2.42. The minimum absolute atomic E-state index is 0.0150. The Balaban J connectivity index is 1.22. The largest absolute Gasteiger partial charge is 0.481 e. The van der Waals surface area contributed by atoms with Gasteiger partial charge < -0.3 is 24.2 Å². The normalized spacial score (nSPS) is 19.4. The van der Waals surface area contributed by atoms with Crippen molar-refractivity contribution < 1.29 is 42.5 Å². The van der Waals surface area contributed by atoms with Gasteiger partial charge in [-0.25, -0.2) is 23.4 Å². The molecule has 5 heterocycles. The fraction of sp³-hybridized carbons (Fsp3) is 0.581. The van der Waals surface area contributed by atoms with Crippen LogP contribution in [0.5, 0.6) is 6.01 Å². The van der Waals surface area contributed by atoms with Gasteiger partial charge in [0.2, 0.25) is 0 Å². The second kappa shape index (κ2) is 17.6. The van der Waals surface area contributed by atoms with Gasteiger partial charge in [0.25, 0.3) is 0 Å². The molecular weight excluding hydrogens is 832 g/mol. The lowest BCUT2D eigenvalue weighted by atomic mass is 9.91. The Labute approximate surface area is 362 Å². The van der Waals surface area contributed by atoms with Crippen LogP contribution in [0.1, 0.15) is 93.4 Å². The van der Waals surface area contributed by atoms with Crippen molar-refractivity contribution in [3.8, 4) is 17.1 Å². The minimum atomic E-state index is -0.786. The molecule has 2 aromatic carbocycles. The Morgan fingerprint density at radius 2 is 1.64 bits per heavy atom. The summed E-state index contributed by atoms with van der Waals surface area (Å²) in [6.45, 7) is 15.6. The number of hydrogen-bond donors (Lipinski definition) is 2. The molecule has 0 aliphatic carbocycles. The van der Waals surface area contributed by atoms with Gasteiger partial charge >= 0.3 is 24.2 Å². The summed E-state index contributed by atoms with van der Waals surface area (Å²) >= 11 is 7.87. The predicted octanol–water partition coefficient (Wildman–Crippen LogP) is 9.51. The van der Waals surface area contributed by atoms with Gasteiger partial charge in [-0.05, 0) is 124 Å². The van der Waals surface area contributed by atoms with Gasteiger partial charge in [0, 0.05) is 42.6 Å². The number of rotatable bonds is 11. The standard InChI is InChI=1S/C43H54ClF2N7O7S/c1-23(20-51-17-15-24(16-18-51)9-8-10-31(54)55)58-38-47-34-28(37(49-38)52-21-25-11-12-26(22-52)53(25)41(57)60-43(5,6)7)19-29(44)32(33(34)46)27-13-14-30(45)36-35(27)48-39(61-36)50-40(56)59-42(2,3)4/h13-14,19,23-26H,8-12,15-18,20-22H2,1-7H3,(H,54,55)(H,48,50,56). The molecule has 2 bridgehead atoms. The van der Waals surface area contributed by atoms with Crippen LogP contribution in [0.25, 0.3) is 32.2 Å². The van der Waals surface area contributed by atoms with Crippen LogP contribution in [-0.2, 0) is 14.3 Å². The van der Waals surface area contributed by atoms with Crippen LogP contribution in [0.4, 0.5) is 29.3 Å². The quantitative estimate of drug-likeness (QED) is 0.147. The summed E-state index contributed by atoms with van der Waals surface area (Å²) in [6, 6.07) is 3.82. The number of likely N-dealkylation sites (tertiary alicyclic amines) is 1. The average Bonchev–Trinajstić information content (AvgIpc) is 3.69. The summed E-state index contributed by atoms with van der Waals surface area (Å²) in [5.41, 5.74) is -1.27. The fourth-order valence-electron chi connectivity index (χ4n) is 8.59. The number of anilines is 2. The lowest BCUT2D eigenvalue weighted by molar-refractivity contribution is -0.137. The molecule has 3 saturated heterocycles. The summed E-state index contributed by atoms with van der Waals surface area (Å²) in [5, 5.41) is 12.0. The van der Waals surface area contributed by atoms with E-state index < -0.39 is 34.9 Å². The third-order valence-corrected chi connectivity index (χ3v) is 12.4. The van der Waals surface area contributed by atoms with Crippen molar-refractivity contribution in [3.05, 3.63) is 34.9 Å². The second-order valence-electron chi connectivity index (χ2n) is 18.3. The van der Waals surface area contributed by atoms with Crippen molar-refractivity contribution in [2.75, 3.05) is 42.9 Å². The summed E-state index contributed by atoms with van der Waals surface area (Å²) in [4.78, 5) is 57.1. The number of piperazine rings is 1. The maximum absolute atomic E-state index is 17.4. The lowest BCUT2D eigenvalue weighted by Crippen LogP contribution is -2.57. The van der Waals surface area contributed by atoms with E-state index in [1.165, 1.54) is 12.1 Å². The smallest absolute Gasteiger partial charge is 0.413 e. The van der Waals surface area contributed by atoms with Gasteiger partial charge in [-0.1, -0.05) is 22.9 Å². The average molecular weight is 886 g/mol. The number of benzene rings is 2. The number of nitrogens with one attached hydrogen (secondary N) is 1. The van der Waals surface area contributed by atoms with Crippen molar-refractivity contribution in [1.82, 2.24) is 24.8 Å². The molecular formula is C43H54ClF2N7O7S. The molecule has 330 valence electrons. The van der Waals surface area contributed by atoms with E-state index >= 15 is 8.78 Å². The number of halogens is 3. The van der Waals surface area contributed by atoms with E-state index in [9.17, 15) is 14.4 Å². The van der Waals surface area contributed by atoms with Crippen LogP contribution in [0.3, 0.4) is 0 Å². The van der Waals surface area contributed by atoms with Crippen molar-refractivity contribution in [2.45, 2.75) is 123 Å². The first-order valence-electron chi connectivity index (χ1n) is 20.9. The highest BCUT2D eigenvalue weighted by Crippen LogP contribution is 2.44. The van der Waals surface area contributed by atoms with Gasteiger partial charge in [0.05, 0.1) is 27.3 Å². The fourth-order valence-corrected chi connectivity index (χ4v) is 9.77. The minimum Gasteiger partial charge on any atom is -0.481 e. The topological polar surface area (TPSA) is 160 Å². The molecule has 3 aliphatic heterocycles. The van der Waals surface area contributed by atoms with E-state index in [1.54, 1.807) is 26.8 Å². The SMILES string of the molecule is CC(CN1CCC(CCCC(=O)O)CC1)Oc1nc(N2CC3CCC(C2)N3C(=O)OC(C)(C)C)c2cc(Cl)c(-c3ccc(F)c4sc(NC(=O)OC(C)(C)C)nc34)c(F)c2n1. The number of nitrogens with zero attached hydrogens (tertiary/aromatic N) is 6. The van der Waals surface area contributed by atoms with Gasteiger partial charge in [-0.3, -0.25) is 19.9 Å². The van der Waals surface area contributed by atoms with Gasteiger partial charge in [-0.15, -0.1) is 0 Å². The highest BCUT2D eigenvalue weighted by molar-refractivity contribution is 7.22. The molecule has 2 N–H and O–H groups in total. The summed E-state index contributed by atoms with van der Waals surface area (Å²) in [7, 11) is 0. The highest BCUT2D eigenvalue weighted by atomic mass is 35.5. The third kappa shape index (κ3) is 10.4. The highest BCUT2D eigenvalue weighted by Gasteiger charge is 2.45. The molecule has 3 fully saturated rings. The van der Waals surface area contributed by atoms with Gasteiger partial charge in [-0.2, -0.15) is 9.97 Å². The maximum Gasteiger partial charge on any atom is 0.413 e. The number of aliphatic carboxylic acids is 1. The molecule has 61 heavy (non-hydrogen) atoms. The molecule has 3 unspecified atom stereocenters. The molecule has 2 amide bonds. The number of amides is 2. The van der Waals surface area contributed by atoms with E-state index in [-0.39, 0.29) is 73.7 Å². The second-order valence-corrected chi connectivity index (χ2v) is 19.7. The number of piperidine rings is 1. The number of fused-ring (bicyclic) bond motifs is 4. The molecule has 0 spiro atoms. The number of aromatic nitrogens is 3. The van der Waals surface area contributed by atoms with Crippen LogP contribution in [-0.4, -0.2) is 110 Å². The number of carbonyl (C=O) groups excluding carboxylic acids is 2. The predicted molar refractivity (Wildman–Crippen MR) is 231 cm³/mol. The van der Waals surface area contributed by atoms with Gasteiger partial charge in [0.15, 0.2) is 10.9 Å². The number of carboxylic acid groups (broad SMARTS) is 1. The van der Waals surface area contributed by atoms with E-state index in [0.717, 1.165) is 56.5 Å². The number of carboxylic acids is 1. The third-order valence-electron chi connectivity index (χ3n) is 11.1. The Hall–Kier alpha value is -4.61. The number of hydrogen-bond acceptors (Lipinski definition) is 12. The van der Waals surface area contributed by atoms with Crippen LogP contribution in [0.15, 0.2) is 18.2 Å². The molecule has 3 aliphatic rings. The Bertz CT molecular complexity index is 2300. The first kappa shape index (κ1) is 44.4. The summed E-state index contributed by atoms with van der Waals surface area (Å²) in [5.74, 6) is -1.28. The number of thiazole rings is 1. The van der Waals surface area contributed by atoms with E-state index in [2.05, 4.69) is 20.2 Å². The van der Waals surface area contributed by atoms with Crippen LogP contribution < -0.4 is 15.0 Å². The zero-order chi connectivity index (χ0) is 44.0. The van der Waals surface area contributed by atoms with E-state index in [1.807, 2.05) is 37.5 Å². The Morgan fingerprint density at radius 3 is 2.28 bits per heavy atom. The van der Waals surface area contributed by atoms with E-state index in [0.29, 0.717) is 43.2 Å². The molecule has 14 nitrogen and oxygen atoms in total. The first-order chi connectivity index (χ1) is 28.7. The maximum atomic E-state index is 17.4. The molecule has 18 heteroatoms. The summed E-state index contributed by atoms with van der Waals surface area (Å²) < 4.78 is 50.3. The zero-order valence-corrected chi connectivity index (χ0v) is 37.2. The Kier molecular flexibility index (Phi) is 12.9. The number of ether oxygens (including phenoxy) is 3. The molecule has 2 aromatic heterocycles. The zero-order valence-electron chi connectivity index (χ0n) is 35.6. The van der Waals surface area contributed by atoms with Crippen molar-refractivity contribution in [3.63, 3.8) is 0 Å². The molecule has 0 saturated carbocycles. The van der Waals surface area contributed by atoms with Crippen molar-refractivity contribution in [2.24, 2.45) is 5.92 Å². The molecule has 3 atom stereocenters.